The molecule has 1 fully saturated rings. The van der Waals surface area contributed by atoms with Gasteiger partial charge in [0.05, 0.1) is 23.9 Å². The monoisotopic (exact) mass is 435 g/mol. The zero-order valence-corrected chi connectivity index (χ0v) is 17.7. The molecule has 4 heterocycles. The number of amides is 1. The fourth-order valence-corrected chi connectivity index (χ4v) is 4.15. The molecule has 0 aliphatic carbocycles. The summed E-state index contributed by atoms with van der Waals surface area (Å²) in [6.45, 7) is 4.99. The Hall–Kier alpha value is -3.53. The van der Waals surface area contributed by atoms with Crippen LogP contribution in [0.3, 0.4) is 0 Å². The van der Waals surface area contributed by atoms with Crippen molar-refractivity contribution in [3.05, 3.63) is 58.9 Å². The van der Waals surface area contributed by atoms with Gasteiger partial charge in [0.2, 0.25) is 5.91 Å². The molecular weight excluding hydrogens is 410 g/mol. The number of piperazine rings is 1. The molecule has 2 aromatic rings. The number of pyridine rings is 1. The molecule has 1 aromatic heterocycles. The lowest BCUT2D eigenvalue weighted by Crippen LogP contribution is -2.49. The van der Waals surface area contributed by atoms with Crippen molar-refractivity contribution in [3.8, 4) is 0 Å². The second-order valence-electron chi connectivity index (χ2n) is 8.13. The molecule has 1 saturated heterocycles. The van der Waals surface area contributed by atoms with Crippen molar-refractivity contribution in [2.24, 2.45) is 10.4 Å². The van der Waals surface area contributed by atoms with Crippen molar-refractivity contribution < 1.29 is 14.3 Å². The van der Waals surface area contributed by atoms with Crippen molar-refractivity contribution in [2.75, 3.05) is 44.4 Å². The van der Waals surface area contributed by atoms with Gasteiger partial charge in [0, 0.05) is 44.0 Å². The average molecular weight is 435 g/mol. The molecule has 3 aliphatic heterocycles. The van der Waals surface area contributed by atoms with E-state index in [1.54, 1.807) is 11.2 Å². The molecule has 10 nitrogen and oxygen atoms in total. The van der Waals surface area contributed by atoms with Crippen molar-refractivity contribution in [1.29, 1.82) is 0 Å². The van der Waals surface area contributed by atoms with Crippen LogP contribution < -0.4 is 10.4 Å². The maximum atomic E-state index is 12.7. The number of esters is 1. The number of nitrogens with one attached hydrogen (secondary N) is 1. The quantitative estimate of drug-likeness (QED) is 0.683. The van der Waals surface area contributed by atoms with Crippen LogP contribution in [-0.4, -0.2) is 66.1 Å². The Kier molecular flexibility index (Phi) is 5.68. The minimum Gasteiger partial charge on any atom is -0.457 e. The third-order valence-corrected chi connectivity index (χ3v) is 6.07. The van der Waals surface area contributed by atoms with E-state index < -0.39 is 0 Å². The first-order valence-electron chi connectivity index (χ1n) is 10.8. The fraction of sp³-hybridized carbons (Fsp3) is 0.409. The zero-order chi connectivity index (χ0) is 21.9. The Morgan fingerprint density at radius 2 is 2.00 bits per heavy atom. The number of carbonyl (C=O) groups excluding carboxylic acids is 2. The van der Waals surface area contributed by atoms with Crippen molar-refractivity contribution in [1.82, 2.24) is 20.2 Å². The summed E-state index contributed by atoms with van der Waals surface area (Å²) in [7, 11) is 0. The Balaban J connectivity index is 1.07. The molecule has 1 aromatic carbocycles. The van der Waals surface area contributed by atoms with Gasteiger partial charge in [-0.3, -0.25) is 20.1 Å². The van der Waals surface area contributed by atoms with Crippen LogP contribution in [0, 0.1) is 0 Å². The number of fused-ring (bicyclic) bond motifs is 1. The lowest BCUT2D eigenvalue weighted by Gasteiger charge is -2.34. The van der Waals surface area contributed by atoms with E-state index in [1.165, 1.54) is 5.56 Å². The number of nitrogens with zero attached hydrogens (tertiary/aromatic N) is 6. The number of ether oxygens (including phenoxy) is 1. The highest BCUT2D eigenvalue weighted by atomic mass is 16.5. The van der Waals surface area contributed by atoms with Gasteiger partial charge in [-0.1, -0.05) is 17.4 Å². The topological polar surface area (TPSA) is 103 Å². The minimum absolute atomic E-state index is 0.107. The summed E-state index contributed by atoms with van der Waals surface area (Å²) in [5.41, 5.74) is 7.23. The van der Waals surface area contributed by atoms with E-state index in [9.17, 15) is 9.59 Å². The van der Waals surface area contributed by atoms with Crippen molar-refractivity contribution in [3.63, 3.8) is 0 Å². The Morgan fingerprint density at radius 3 is 2.75 bits per heavy atom. The van der Waals surface area contributed by atoms with Gasteiger partial charge >= 0.3 is 5.97 Å². The van der Waals surface area contributed by atoms with Crippen LogP contribution in [0.25, 0.3) is 0 Å². The molecule has 166 valence electrons. The number of aromatic nitrogens is 1. The van der Waals surface area contributed by atoms with Crippen LogP contribution in [0.5, 0.6) is 0 Å². The predicted octanol–water partition coefficient (Wildman–Crippen LogP) is 1.33. The van der Waals surface area contributed by atoms with Crippen LogP contribution in [0.2, 0.25) is 0 Å². The van der Waals surface area contributed by atoms with E-state index in [0.29, 0.717) is 25.3 Å². The third-order valence-electron chi connectivity index (χ3n) is 6.07. The molecule has 0 saturated carbocycles. The van der Waals surface area contributed by atoms with E-state index in [-0.39, 0.29) is 11.9 Å². The van der Waals surface area contributed by atoms with Crippen LogP contribution in [-0.2, 0) is 29.0 Å². The van der Waals surface area contributed by atoms with Gasteiger partial charge in [0.25, 0.3) is 0 Å². The summed E-state index contributed by atoms with van der Waals surface area (Å²) in [5, 5.41) is 9.36. The molecule has 0 atom stereocenters. The number of benzene rings is 1. The third kappa shape index (κ3) is 4.40. The molecule has 1 amide bonds. The SMILES string of the molecule is O=C1OCc2cc(CCN3CCN(C(=O)Cc4ccc(N5CNN=N5)cn4)CC3)ccc21. The molecule has 0 radical (unpaired) electrons. The highest BCUT2D eigenvalue weighted by Crippen LogP contribution is 2.21. The first-order valence-corrected chi connectivity index (χ1v) is 10.8. The lowest BCUT2D eigenvalue weighted by molar-refractivity contribution is -0.132. The van der Waals surface area contributed by atoms with E-state index in [1.807, 2.05) is 29.2 Å². The molecule has 0 spiro atoms. The zero-order valence-electron chi connectivity index (χ0n) is 17.7. The predicted molar refractivity (Wildman–Crippen MR) is 116 cm³/mol. The van der Waals surface area contributed by atoms with Crippen LogP contribution in [0.1, 0.15) is 27.2 Å². The molecule has 3 aliphatic rings. The minimum atomic E-state index is -0.228. The maximum Gasteiger partial charge on any atom is 0.338 e. The average Bonchev–Trinajstić information content (AvgIpc) is 3.49. The van der Waals surface area contributed by atoms with E-state index in [4.69, 9.17) is 4.74 Å². The lowest BCUT2D eigenvalue weighted by atomic mass is 10.0. The summed E-state index contributed by atoms with van der Waals surface area (Å²) >= 11 is 0. The largest absolute Gasteiger partial charge is 0.457 e. The smallest absolute Gasteiger partial charge is 0.338 e. The van der Waals surface area contributed by atoms with E-state index in [2.05, 4.69) is 31.8 Å². The first-order chi connectivity index (χ1) is 15.7. The summed E-state index contributed by atoms with van der Waals surface area (Å²) in [6, 6.07) is 9.71. The van der Waals surface area contributed by atoms with E-state index in [0.717, 1.165) is 56.1 Å². The van der Waals surface area contributed by atoms with Crippen LogP contribution in [0.15, 0.2) is 47.0 Å². The fourth-order valence-electron chi connectivity index (χ4n) is 4.15. The number of cyclic esters (lactones) is 1. The van der Waals surface area contributed by atoms with E-state index >= 15 is 0 Å². The second kappa shape index (κ2) is 8.91. The molecule has 32 heavy (non-hydrogen) atoms. The second-order valence-corrected chi connectivity index (χ2v) is 8.13. The Labute approximate surface area is 185 Å². The van der Waals surface area contributed by atoms with Gasteiger partial charge in [-0.2, -0.15) is 0 Å². The highest BCUT2D eigenvalue weighted by molar-refractivity contribution is 5.93. The van der Waals surface area contributed by atoms with Crippen molar-refractivity contribution in [2.45, 2.75) is 19.4 Å². The summed E-state index contributed by atoms with van der Waals surface area (Å²) in [6.07, 6.45) is 2.93. The molecule has 0 unspecified atom stereocenters. The van der Waals surface area contributed by atoms with Gasteiger partial charge in [-0.25, -0.2) is 9.80 Å². The van der Waals surface area contributed by atoms with Crippen LogP contribution in [0.4, 0.5) is 5.69 Å². The first kappa shape index (κ1) is 20.4. The summed E-state index contributed by atoms with van der Waals surface area (Å²) in [5.74, 6) is -0.121. The van der Waals surface area contributed by atoms with Gasteiger partial charge in [-0.15, -0.1) is 0 Å². The number of rotatable bonds is 6. The summed E-state index contributed by atoms with van der Waals surface area (Å²) in [4.78, 5) is 33.0. The number of hydrogen-bond donors (Lipinski definition) is 1. The van der Waals surface area contributed by atoms with Gasteiger partial charge < -0.3 is 9.64 Å². The summed E-state index contributed by atoms with van der Waals surface area (Å²) < 4.78 is 5.07. The number of hydrogen-bond acceptors (Lipinski definition) is 9. The Bertz CT molecular complexity index is 1030. The molecule has 5 rings (SSSR count). The standard InChI is InChI=1S/C22H25N7O3/c30-21(12-18-2-3-19(13-23-18)29-15-24-25-26-29)28-9-7-27(8-10-28)6-5-16-1-4-20-17(11-16)14-32-22(20)31/h1-4,11,13H,5-10,12,14-15H2,(H,24,26). The van der Waals surface area contributed by atoms with Gasteiger partial charge in [-0.05, 0) is 35.4 Å². The molecular formula is C22H25N7O3. The van der Waals surface area contributed by atoms with Crippen LogP contribution >= 0.6 is 0 Å². The highest BCUT2D eigenvalue weighted by Gasteiger charge is 2.23. The maximum absolute atomic E-state index is 12.7. The number of carbonyl (C=O) groups is 2. The molecule has 1 N–H and O–H groups in total. The Morgan fingerprint density at radius 1 is 1.12 bits per heavy atom. The normalized spacial score (nSPS) is 17.9. The number of anilines is 1. The molecule has 10 heteroatoms. The van der Waals surface area contributed by atoms with Gasteiger partial charge in [0.1, 0.15) is 13.3 Å². The van der Waals surface area contributed by atoms with Crippen molar-refractivity contribution >= 4 is 17.6 Å². The van der Waals surface area contributed by atoms with Gasteiger partial charge in [0.15, 0.2) is 0 Å². The molecule has 0 bridgehead atoms.